The van der Waals surface area contributed by atoms with Crippen LogP contribution in [0, 0.1) is 6.92 Å². The molecule has 0 unspecified atom stereocenters. The molecule has 1 heterocycles. The number of hydrogen-bond acceptors (Lipinski definition) is 5. The normalized spacial score (nSPS) is 18.7. The Hall–Kier alpha value is -2.09. The number of rotatable bonds is 7. The van der Waals surface area contributed by atoms with Gasteiger partial charge in [0, 0.05) is 12.5 Å². The fourth-order valence-corrected chi connectivity index (χ4v) is 4.86. The molecule has 2 atom stereocenters. The van der Waals surface area contributed by atoms with Crippen LogP contribution in [0.4, 0.5) is 0 Å². The molecule has 0 spiro atoms. The Labute approximate surface area is 154 Å². The number of aryl methyl sites for hydroxylation is 1. The summed E-state index contributed by atoms with van der Waals surface area (Å²) in [5.41, 5.74) is 0.637. The second kappa shape index (κ2) is 8.07. The van der Waals surface area contributed by atoms with Gasteiger partial charge in [-0.15, -0.1) is 0 Å². The number of sulfonamides is 1. The predicted octanol–water partition coefficient (Wildman–Crippen LogP) is 1.99. The summed E-state index contributed by atoms with van der Waals surface area (Å²) in [6.45, 7) is 5.59. The summed E-state index contributed by atoms with van der Waals surface area (Å²) in [7, 11) is -2.61. The summed E-state index contributed by atoms with van der Waals surface area (Å²) in [5, 5.41) is 2.81. The molecule has 1 fully saturated rings. The Morgan fingerprint density at radius 2 is 2.12 bits per heavy atom. The van der Waals surface area contributed by atoms with E-state index in [4.69, 9.17) is 4.74 Å². The van der Waals surface area contributed by atoms with Gasteiger partial charge in [0.2, 0.25) is 11.8 Å². The standard InChI is InChI=1S/C18H26N2O5S/c1-5-6-13(3)19-18(22)15-8-10-17(21)20(15)26(23,24)14-7-9-16(25-4)12(2)11-14/h7,9,11,13,15H,5-6,8,10H2,1-4H3,(H,19,22)/t13-,15-/m0/s1. The van der Waals surface area contributed by atoms with Crippen LogP contribution in [0.3, 0.4) is 0 Å². The summed E-state index contributed by atoms with van der Waals surface area (Å²) in [6.07, 6.45) is 1.92. The van der Waals surface area contributed by atoms with Crippen LogP contribution in [0.25, 0.3) is 0 Å². The van der Waals surface area contributed by atoms with Gasteiger partial charge in [-0.05, 0) is 50.5 Å². The van der Waals surface area contributed by atoms with Crippen molar-refractivity contribution in [2.75, 3.05) is 7.11 Å². The Morgan fingerprint density at radius 1 is 1.42 bits per heavy atom. The average molecular weight is 382 g/mol. The van der Waals surface area contributed by atoms with Crippen LogP contribution < -0.4 is 10.1 Å². The van der Waals surface area contributed by atoms with Gasteiger partial charge in [-0.3, -0.25) is 9.59 Å². The third-order valence-corrected chi connectivity index (χ3v) is 6.32. The van der Waals surface area contributed by atoms with E-state index in [0.29, 0.717) is 11.3 Å². The van der Waals surface area contributed by atoms with Gasteiger partial charge in [-0.25, -0.2) is 12.7 Å². The highest BCUT2D eigenvalue weighted by Gasteiger charge is 2.44. The number of nitrogens with zero attached hydrogens (tertiary/aromatic N) is 1. The van der Waals surface area contributed by atoms with Crippen LogP contribution in [0.2, 0.25) is 0 Å². The Bertz CT molecular complexity index is 791. The zero-order valence-electron chi connectivity index (χ0n) is 15.6. The lowest BCUT2D eigenvalue weighted by atomic mass is 10.1. The lowest BCUT2D eigenvalue weighted by Gasteiger charge is -2.25. The van der Waals surface area contributed by atoms with Crippen LogP contribution in [0.5, 0.6) is 5.75 Å². The van der Waals surface area contributed by atoms with Crippen molar-refractivity contribution in [3.05, 3.63) is 23.8 Å². The first-order chi connectivity index (χ1) is 12.2. The van der Waals surface area contributed by atoms with Gasteiger partial charge in [0.05, 0.1) is 12.0 Å². The van der Waals surface area contributed by atoms with Crippen molar-refractivity contribution < 1.29 is 22.7 Å². The van der Waals surface area contributed by atoms with Gasteiger partial charge in [-0.1, -0.05) is 13.3 Å². The Kier molecular flexibility index (Phi) is 6.28. The van der Waals surface area contributed by atoms with Crippen LogP contribution in [-0.2, 0) is 19.6 Å². The molecule has 1 aromatic rings. The van der Waals surface area contributed by atoms with Gasteiger partial charge < -0.3 is 10.1 Å². The molecule has 1 N–H and O–H groups in total. The highest BCUT2D eigenvalue weighted by molar-refractivity contribution is 7.89. The largest absolute Gasteiger partial charge is 0.496 e. The molecule has 0 aromatic heterocycles. The average Bonchev–Trinajstić information content (AvgIpc) is 2.97. The van der Waals surface area contributed by atoms with Crippen molar-refractivity contribution in [2.24, 2.45) is 0 Å². The predicted molar refractivity (Wildman–Crippen MR) is 97.3 cm³/mol. The summed E-state index contributed by atoms with van der Waals surface area (Å²) in [4.78, 5) is 24.8. The number of carbonyl (C=O) groups excluding carboxylic acids is 2. The second-order valence-electron chi connectivity index (χ2n) is 6.58. The molecular formula is C18H26N2O5S. The first kappa shape index (κ1) is 20.2. The minimum atomic E-state index is -4.11. The molecule has 144 valence electrons. The minimum absolute atomic E-state index is 0.0227. The van der Waals surface area contributed by atoms with E-state index in [-0.39, 0.29) is 23.8 Å². The van der Waals surface area contributed by atoms with Crippen molar-refractivity contribution in [1.82, 2.24) is 9.62 Å². The minimum Gasteiger partial charge on any atom is -0.496 e. The number of methoxy groups -OCH3 is 1. The van der Waals surface area contributed by atoms with E-state index in [0.717, 1.165) is 17.1 Å². The first-order valence-corrected chi connectivity index (χ1v) is 10.2. The zero-order valence-corrected chi connectivity index (χ0v) is 16.4. The molecule has 7 nitrogen and oxygen atoms in total. The molecular weight excluding hydrogens is 356 g/mol. The summed E-state index contributed by atoms with van der Waals surface area (Å²) >= 11 is 0. The van der Waals surface area contributed by atoms with Gasteiger partial charge in [0.1, 0.15) is 11.8 Å². The van der Waals surface area contributed by atoms with Gasteiger partial charge in [-0.2, -0.15) is 0 Å². The number of carbonyl (C=O) groups is 2. The zero-order chi connectivity index (χ0) is 19.5. The fraction of sp³-hybridized carbons (Fsp3) is 0.556. The molecule has 2 amide bonds. The van der Waals surface area contributed by atoms with E-state index in [1.54, 1.807) is 13.0 Å². The van der Waals surface area contributed by atoms with E-state index in [1.807, 2.05) is 13.8 Å². The molecule has 1 aliphatic heterocycles. The maximum absolute atomic E-state index is 13.0. The molecule has 2 rings (SSSR count). The molecule has 1 aromatic carbocycles. The number of amides is 2. The quantitative estimate of drug-likeness (QED) is 0.778. The summed E-state index contributed by atoms with van der Waals surface area (Å²) in [5.74, 6) is -0.424. The van der Waals surface area contributed by atoms with Crippen molar-refractivity contribution >= 4 is 21.8 Å². The maximum atomic E-state index is 13.0. The van der Waals surface area contributed by atoms with Gasteiger partial charge in [0.15, 0.2) is 0 Å². The lowest BCUT2D eigenvalue weighted by molar-refractivity contribution is -0.131. The van der Waals surface area contributed by atoms with Crippen LogP contribution in [0.1, 0.15) is 45.1 Å². The monoisotopic (exact) mass is 382 g/mol. The first-order valence-electron chi connectivity index (χ1n) is 8.74. The Morgan fingerprint density at radius 3 is 2.69 bits per heavy atom. The van der Waals surface area contributed by atoms with E-state index < -0.39 is 27.9 Å². The topological polar surface area (TPSA) is 92.8 Å². The molecule has 0 aliphatic carbocycles. The molecule has 1 saturated heterocycles. The van der Waals surface area contributed by atoms with E-state index in [9.17, 15) is 18.0 Å². The van der Waals surface area contributed by atoms with Crippen molar-refractivity contribution in [2.45, 2.75) is 63.4 Å². The second-order valence-corrected chi connectivity index (χ2v) is 8.39. The smallest absolute Gasteiger partial charge is 0.267 e. The molecule has 1 aliphatic rings. The third kappa shape index (κ3) is 4.00. The maximum Gasteiger partial charge on any atom is 0.267 e. The molecule has 8 heteroatoms. The third-order valence-electron chi connectivity index (χ3n) is 4.50. The highest BCUT2D eigenvalue weighted by Crippen LogP contribution is 2.30. The molecule has 0 radical (unpaired) electrons. The van der Waals surface area contributed by atoms with Crippen LogP contribution in [0.15, 0.2) is 23.1 Å². The Balaban J connectivity index is 2.31. The fourth-order valence-electron chi connectivity index (χ4n) is 3.17. The molecule has 0 saturated carbocycles. The van der Waals surface area contributed by atoms with E-state index in [2.05, 4.69) is 5.32 Å². The van der Waals surface area contributed by atoms with E-state index in [1.165, 1.54) is 19.2 Å². The lowest BCUT2D eigenvalue weighted by Crippen LogP contribution is -2.49. The van der Waals surface area contributed by atoms with E-state index >= 15 is 0 Å². The van der Waals surface area contributed by atoms with Gasteiger partial charge >= 0.3 is 0 Å². The highest BCUT2D eigenvalue weighted by atomic mass is 32.2. The number of ether oxygens (including phenoxy) is 1. The number of benzene rings is 1. The molecule has 0 bridgehead atoms. The van der Waals surface area contributed by atoms with Crippen molar-refractivity contribution in [1.29, 1.82) is 0 Å². The summed E-state index contributed by atoms with van der Waals surface area (Å²) in [6, 6.07) is 3.31. The van der Waals surface area contributed by atoms with Crippen LogP contribution >= 0.6 is 0 Å². The van der Waals surface area contributed by atoms with Gasteiger partial charge in [0.25, 0.3) is 10.0 Å². The number of nitrogens with one attached hydrogen (secondary N) is 1. The number of hydrogen-bond donors (Lipinski definition) is 1. The van der Waals surface area contributed by atoms with Crippen molar-refractivity contribution in [3.63, 3.8) is 0 Å². The van der Waals surface area contributed by atoms with Crippen LogP contribution in [-0.4, -0.2) is 43.7 Å². The molecule has 26 heavy (non-hydrogen) atoms. The SMILES string of the molecule is CCC[C@H](C)NC(=O)[C@@H]1CCC(=O)N1S(=O)(=O)c1ccc(OC)c(C)c1. The summed E-state index contributed by atoms with van der Waals surface area (Å²) < 4.78 is 31.9. The van der Waals surface area contributed by atoms with Crippen molar-refractivity contribution in [3.8, 4) is 5.75 Å².